The lowest BCUT2D eigenvalue weighted by molar-refractivity contribution is 0.225. The standard InChI is InChI=1S/C16H19Cl2N/c1-10-5-11(2)7-13(6-10)19-4-3-14-15(18)8-12(17)9-16(14)19/h3-4,8-11,13H,5-7H2,1-2H3. The number of nitrogens with zero attached hydrogens (tertiary/aromatic N) is 1. The zero-order valence-electron chi connectivity index (χ0n) is 11.4. The second-order valence-corrected chi connectivity index (χ2v) is 6.96. The summed E-state index contributed by atoms with van der Waals surface area (Å²) < 4.78 is 2.37. The number of rotatable bonds is 1. The average Bonchev–Trinajstić information content (AvgIpc) is 2.71. The quantitative estimate of drug-likeness (QED) is 0.613. The van der Waals surface area contributed by atoms with Crippen molar-refractivity contribution in [2.45, 2.75) is 39.2 Å². The van der Waals surface area contributed by atoms with Crippen LogP contribution in [0, 0.1) is 11.8 Å². The monoisotopic (exact) mass is 295 g/mol. The van der Waals surface area contributed by atoms with Crippen LogP contribution in [0.4, 0.5) is 0 Å². The number of halogens is 2. The Morgan fingerprint density at radius 1 is 1.05 bits per heavy atom. The highest BCUT2D eigenvalue weighted by atomic mass is 35.5. The molecule has 3 rings (SSSR count). The fourth-order valence-electron chi connectivity index (χ4n) is 3.63. The van der Waals surface area contributed by atoms with Gasteiger partial charge in [0.05, 0.1) is 10.5 Å². The van der Waals surface area contributed by atoms with E-state index in [0.717, 1.165) is 22.2 Å². The molecule has 1 fully saturated rings. The molecule has 0 amide bonds. The zero-order valence-corrected chi connectivity index (χ0v) is 12.9. The van der Waals surface area contributed by atoms with Crippen molar-refractivity contribution in [1.29, 1.82) is 0 Å². The molecule has 102 valence electrons. The van der Waals surface area contributed by atoms with Gasteiger partial charge in [0.1, 0.15) is 0 Å². The maximum atomic E-state index is 6.27. The maximum absolute atomic E-state index is 6.27. The first-order valence-corrected chi connectivity index (χ1v) is 7.75. The molecule has 0 spiro atoms. The van der Waals surface area contributed by atoms with Crippen molar-refractivity contribution in [3.8, 4) is 0 Å². The van der Waals surface area contributed by atoms with E-state index in [1.165, 1.54) is 24.8 Å². The highest BCUT2D eigenvalue weighted by Gasteiger charge is 2.25. The summed E-state index contributed by atoms with van der Waals surface area (Å²) in [7, 11) is 0. The molecule has 0 radical (unpaired) electrons. The van der Waals surface area contributed by atoms with Crippen molar-refractivity contribution < 1.29 is 0 Å². The van der Waals surface area contributed by atoms with E-state index in [-0.39, 0.29) is 0 Å². The molecule has 2 atom stereocenters. The van der Waals surface area contributed by atoms with E-state index in [9.17, 15) is 0 Å². The van der Waals surface area contributed by atoms with E-state index < -0.39 is 0 Å². The summed E-state index contributed by atoms with van der Waals surface area (Å²) in [5.74, 6) is 1.58. The Hall–Kier alpha value is -0.660. The first-order chi connectivity index (χ1) is 9.04. The van der Waals surface area contributed by atoms with Crippen molar-refractivity contribution in [2.75, 3.05) is 0 Å². The number of fused-ring (bicyclic) bond motifs is 1. The summed E-state index contributed by atoms with van der Waals surface area (Å²) in [4.78, 5) is 0. The molecular formula is C16H19Cl2N. The van der Waals surface area contributed by atoms with Crippen LogP contribution in [0.15, 0.2) is 24.4 Å². The third-order valence-corrected chi connectivity index (χ3v) is 4.83. The normalized spacial score (nSPS) is 27.9. The van der Waals surface area contributed by atoms with Crippen molar-refractivity contribution in [1.82, 2.24) is 4.57 Å². The molecule has 1 aromatic heterocycles. The van der Waals surface area contributed by atoms with Gasteiger partial charge in [-0.2, -0.15) is 0 Å². The minimum atomic E-state index is 0.575. The SMILES string of the molecule is CC1CC(C)CC(n2ccc3c(Cl)cc(Cl)cc32)C1. The van der Waals surface area contributed by atoms with E-state index in [1.807, 2.05) is 12.1 Å². The Bertz CT molecular complexity index is 592. The Balaban J connectivity index is 2.05. The van der Waals surface area contributed by atoms with Crippen molar-refractivity contribution in [2.24, 2.45) is 11.8 Å². The number of hydrogen-bond donors (Lipinski definition) is 0. The van der Waals surface area contributed by atoms with Crippen LogP contribution in [-0.4, -0.2) is 4.57 Å². The molecule has 19 heavy (non-hydrogen) atoms. The van der Waals surface area contributed by atoms with Gasteiger partial charge in [-0.05, 0) is 49.3 Å². The highest BCUT2D eigenvalue weighted by Crippen LogP contribution is 2.39. The topological polar surface area (TPSA) is 4.93 Å². The molecule has 2 unspecified atom stereocenters. The van der Waals surface area contributed by atoms with Crippen LogP contribution in [0.5, 0.6) is 0 Å². The summed E-state index contributed by atoms with van der Waals surface area (Å²) in [5, 5.41) is 2.57. The van der Waals surface area contributed by atoms with Crippen LogP contribution in [0.2, 0.25) is 10.0 Å². The first-order valence-electron chi connectivity index (χ1n) is 7.00. The second-order valence-electron chi connectivity index (χ2n) is 6.11. The van der Waals surface area contributed by atoms with Crippen LogP contribution in [0.25, 0.3) is 10.9 Å². The van der Waals surface area contributed by atoms with E-state index >= 15 is 0 Å². The molecule has 3 heteroatoms. The van der Waals surface area contributed by atoms with Gasteiger partial charge in [0.2, 0.25) is 0 Å². The van der Waals surface area contributed by atoms with Gasteiger partial charge in [0, 0.05) is 22.6 Å². The summed E-state index contributed by atoms with van der Waals surface area (Å²) in [6.07, 6.45) is 6.01. The van der Waals surface area contributed by atoms with Gasteiger partial charge in [-0.15, -0.1) is 0 Å². The van der Waals surface area contributed by atoms with E-state index in [4.69, 9.17) is 23.2 Å². The molecule has 1 aliphatic rings. The number of hydrogen-bond acceptors (Lipinski definition) is 0. The molecule has 0 saturated heterocycles. The Kier molecular flexibility index (Phi) is 3.53. The smallest absolute Gasteiger partial charge is 0.0514 e. The molecule has 1 heterocycles. The van der Waals surface area contributed by atoms with Crippen molar-refractivity contribution >= 4 is 34.1 Å². The fraction of sp³-hybridized carbons (Fsp3) is 0.500. The maximum Gasteiger partial charge on any atom is 0.0514 e. The molecular weight excluding hydrogens is 277 g/mol. The molecule has 0 bridgehead atoms. The zero-order chi connectivity index (χ0) is 13.6. The third-order valence-electron chi connectivity index (χ3n) is 4.30. The Morgan fingerprint density at radius 3 is 2.42 bits per heavy atom. The van der Waals surface area contributed by atoms with E-state index in [1.54, 1.807) is 0 Å². The van der Waals surface area contributed by atoms with Gasteiger partial charge in [0.25, 0.3) is 0 Å². The molecule has 1 saturated carbocycles. The predicted octanol–water partition coefficient (Wildman–Crippen LogP) is 5.95. The molecule has 2 aromatic rings. The van der Waals surface area contributed by atoms with Gasteiger partial charge in [-0.1, -0.05) is 37.0 Å². The average molecular weight is 296 g/mol. The van der Waals surface area contributed by atoms with Gasteiger partial charge in [-0.25, -0.2) is 0 Å². The van der Waals surface area contributed by atoms with E-state index in [0.29, 0.717) is 11.1 Å². The molecule has 1 aromatic carbocycles. The second kappa shape index (κ2) is 5.03. The van der Waals surface area contributed by atoms with Gasteiger partial charge < -0.3 is 4.57 Å². The Labute approximate surface area is 124 Å². The van der Waals surface area contributed by atoms with Gasteiger partial charge in [0.15, 0.2) is 0 Å². The molecule has 0 aliphatic heterocycles. The lowest BCUT2D eigenvalue weighted by atomic mass is 9.80. The van der Waals surface area contributed by atoms with E-state index in [2.05, 4.69) is 30.7 Å². The molecule has 1 aliphatic carbocycles. The Morgan fingerprint density at radius 2 is 1.74 bits per heavy atom. The minimum absolute atomic E-state index is 0.575. The summed E-state index contributed by atoms with van der Waals surface area (Å²) >= 11 is 12.4. The van der Waals surface area contributed by atoms with Crippen molar-refractivity contribution in [3.63, 3.8) is 0 Å². The fourth-order valence-corrected chi connectivity index (χ4v) is 4.18. The predicted molar refractivity (Wildman–Crippen MR) is 83.2 cm³/mol. The van der Waals surface area contributed by atoms with Crippen LogP contribution >= 0.6 is 23.2 Å². The van der Waals surface area contributed by atoms with Crippen molar-refractivity contribution in [3.05, 3.63) is 34.4 Å². The van der Waals surface area contributed by atoms with Crippen LogP contribution in [0.1, 0.15) is 39.2 Å². The number of aromatic nitrogens is 1. The lowest BCUT2D eigenvalue weighted by Gasteiger charge is -2.33. The van der Waals surface area contributed by atoms with Gasteiger partial charge >= 0.3 is 0 Å². The van der Waals surface area contributed by atoms with Crippen LogP contribution in [-0.2, 0) is 0 Å². The third kappa shape index (κ3) is 2.51. The molecule has 1 nitrogen and oxygen atoms in total. The minimum Gasteiger partial charge on any atom is -0.344 e. The first kappa shape index (κ1) is 13.3. The lowest BCUT2D eigenvalue weighted by Crippen LogP contribution is -2.22. The summed E-state index contributed by atoms with van der Waals surface area (Å²) in [6, 6.07) is 6.54. The largest absolute Gasteiger partial charge is 0.344 e. The molecule has 0 N–H and O–H groups in total. The van der Waals surface area contributed by atoms with Crippen LogP contribution < -0.4 is 0 Å². The number of benzene rings is 1. The summed E-state index contributed by atoms with van der Waals surface area (Å²) in [5.41, 5.74) is 1.17. The van der Waals surface area contributed by atoms with Gasteiger partial charge in [-0.3, -0.25) is 0 Å². The van der Waals surface area contributed by atoms with Crippen LogP contribution in [0.3, 0.4) is 0 Å². The summed E-state index contributed by atoms with van der Waals surface area (Å²) in [6.45, 7) is 4.71. The highest BCUT2D eigenvalue weighted by molar-refractivity contribution is 6.38.